The van der Waals surface area contributed by atoms with Crippen LogP contribution in [0.5, 0.6) is 0 Å². The molecule has 2 aromatic rings. The number of rotatable bonds is 5. The molecular weight excluding hydrogens is 326 g/mol. The van der Waals surface area contributed by atoms with E-state index in [0.717, 1.165) is 16.0 Å². The van der Waals surface area contributed by atoms with Crippen molar-refractivity contribution in [3.8, 4) is 0 Å². The molecule has 0 spiro atoms. The van der Waals surface area contributed by atoms with Crippen LogP contribution in [0.15, 0.2) is 35.2 Å². The van der Waals surface area contributed by atoms with E-state index in [1.807, 2.05) is 32.9 Å². The fourth-order valence-electron chi connectivity index (χ4n) is 2.00. The highest BCUT2D eigenvalue weighted by molar-refractivity contribution is 7.89. The monoisotopic (exact) mass is 343 g/mol. The number of halogens is 1. The van der Waals surface area contributed by atoms with Crippen molar-refractivity contribution in [2.45, 2.75) is 32.2 Å². The molecule has 1 heterocycles. The number of nitrogens with zero attached hydrogens (tertiary/aromatic N) is 1. The lowest BCUT2D eigenvalue weighted by Crippen LogP contribution is -2.30. The van der Waals surface area contributed by atoms with E-state index in [1.54, 1.807) is 18.2 Å². The van der Waals surface area contributed by atoms with Crippen LogP contribution in [-0.4, -0.2) is 19.3 Å². The first-order chi connectivity index (χ1) is 9.84. The zero-order chi connectivity index (χ0) is 15.6. The summed E-state index contributed by atoms with van der Waals surface area (Å²) in [5.41, 5.74) is 2.06. The first-order valence-electron chi connectivity index (χ1n) is 6.66. The summed E-state index contributed by atoms with van der Waals surface area (Å²) in [6.07, 6.45) is 0. The zero-order valence-corrected chi connectivity index (χ0v) is 14.6. The Hall–Kier alpha value is -0.880. The van der Waals surface area contributed by atoms with Gasteiger partial charge < -0.3 is 0 Å². The van der Waals surface area contributed by atoms with Crippen LogP contribution in [0.25, 0.3) is 0 Å². The highest BCUT2D eigenvalue weighted by atomic mass is 35.5. The van der Waals surface area contributed by atoms with Crippen molar-refractivity contribution in [2.75, 3.05) is 6.54 Å². The third kappa shape index (κ3) is 3.66. The molecular formula is C15H18ClNO2S2. The Bertz CT molecular complexity index is 738. The number of sulfonamides is 1. The van der Waals surface area contributed by atoms with Gasteiger partial charge in [0.1, 0.15) is 0 Å². The van der Waals surface area contributed by atoms with E-state index < -0.39 is 10.0 Å². The van der Waals surface area contributed by atoms with E-state index in [-0.39, 0.29) is 0 Å². The normalized spacial score (nSPS) is 12.0. The third-order valence-electron chi connectivity index (χ3n) is 3.43. The largest absolute Gasteiger partial charge is 0.243 e. The van der Waals surface area contributed by atoms with Gasteiger partial charge in [0.25, 0.3) is 0 Å². The first kappa shape index (κ1) is 16.5. The van der Waals surface area contributed by atoms with Crippen LogP contribution in [0.3, 0.4) is 0 Å². The molecule has 0 saturated heterocycles. The lowest BCUT2D eigenvalue weighted by atomic mass is 10.1. The SMILES string of the molecule is CCN(Cc1ccc(Cl)s1)S(=O)(=O)c1ccc(C)c(C)c1. The predicted molar refractivity (Wildman–Crippen MR) is 88.5 cm³/mol. The van der Waals surface area contributed by atoms with E-state index in [0.29, 0.717) is 22.3 Å². The number of hydrogen-bond acceptors (Lipinski definition) is 3. The molecule has 0 bridgehead atoms. The van der Waals surface area contributed by atoms with Gasteiger partial charge in [-0.25, -0.2) is 8.42 Å². The van der Waals surface area contributed by atoms with Crippen molar-refractivity contribution in [1.82, 2.24) is 4.31 Å². The standard InChI is InChI=1S/C15H18ClNO2S2/c1-4-17(10-13-6-8-15(16)20-13)21(18,19)14-7-5-11(2)12(3)9-14/h5-9H,4,10H2,1-3H3. The van der Waals surface area contributed by atoms with E-state index in [2.05, 4.69) is 0 Å². The number of thiophene rings is 1. The lowest BCUT2D eigenvalue weighted by molar-refractivity contribution is 0.426. The Morgan fingerprint density at radius 3 is 2.38 bits per heavy atom. The number of benzene rings is 1. The van der Waals surface area contributed by atoms with Crippen molar-refractivity contribution in [1.29, 1.82) is 0 Å². The lowest BCUT2D eigenvalue weighted by Gasteiger charge is -2.20. The quantitative estimate of drug-likeness (QED) is 0.814. The van der Waals surface area contributed by atoms with E-state index >= 15 is 0 Å². The minimum absolute atomic E-state index is 0.343. The molecule has 0 radical (unpaired) electrons. The minimum Gasteiger partial charge on any atom is -0.207 e. The molecule has 0 N–H and O–H groups in total. The smallest absolute Gasteiger partial charge is 0.207 e. The summed E-state index contributed by atoms with van der Waals surface area (Å²) in [7, 11) is -3.48. The van der Waals surface area contributed by atoms with Gasteiger partial charge in [0.15, 0.2) is 0 Å². The second-order valence-corrected chi connectivity index (χ2v) is 8.62. The molecule has 0 aliphatic carbocycles. The summed E-state index contributed by atoms with van der Waals surface area (Å²) in [5, 5.41) is 0. The molecule has 6 heteroatoms. The maximum atomic E-state index is 12.7. The van der Waals surface area contributed by atoms with Crippen LogP contribution < -0.4 is 0 Å². The number of aryl methyl sites for hydroxylation is 2. The second-order valence-electron chi connectivity index (χ2n) is 4.88. The molecule has 114 valence electrons. The fourth-order valence-corrected chi connectivity index (χ4v) is 4.70. The van der Waals surface area contributed by atoms with Gasteiger partial charge in [0, 0.05) is 18.0 Å². The van der Waals surface area contributed by atoms with Crippen LogP contribution in [-0.2, 0) is 16.6 Å². The average molecular weight is 344 g/mol. The van der Waals surface area contributed by atoms with Gasteiger partial charge in [-0.05, 0) is 49.2 Å². The summed E-state index contributed by atoms with van der Waals surface area (Å²) < 4.78 is 27.6. The highest BCUT2D eigenvalue weighted by Gasteiger charge is 2.24. The van der Waals surface area contributed by atoms with Gasteiger partial charge in [-0.2, -0.15) is 4.31 Å². The predicted octanol–water partition coefficient (Wildman–Crippen LogP) is 4.23. The van der Waals surface area contributed by atoms with Crippen molar-refractivity contribution < 1.29 is 8.42 Å². The Balaban J connectivity index is 2.32. The average Bonchev–Trinajstić information content (AvgIpc) is 2.84. The molecule has 1 aromatic carbocycles. The maximum absolute atomic E-state index is 12.7. The number of hydrogen-bond donors (Lipinski definition) is 0. The van der Waals surface area contributed by atoms with Crippen molar-refractivity contribution in [3.63, 3.8) is 0 Å². The van der Waals surface area contributed by atoms with E-state index in [9.17, 15) is 8.42 Å². The zero-order valence-electron chi connectivity index (χ0n) is 12.3. The Morgan fingerprint density at radius 2 is 1.86 bits per heavy atom. The molecule has 0 atom stereocenters. The summed E-state index contributed by atoms with van der Waals surface area (Å²) in [5.74, 6) is 0. The minimum atomic E-state index is -3.48. The molecule has 0 saturated carbocycles. The van der Waals surface area contributed by atoms with Crippen LogP contribution in [0.1, 0.15) is 22.9 Å². The summed E-state index contributed by atoms with van der Waals surface area (Å²) in [4.78, 5) is 1.28. The fraction of sp³-hybridized carbons (Fsp3) is 0.333. The van der Waals surface area contributed by atoms with Crippen molar-refractivity contribution in [2.24, 2.45) is 0 Å². The van der Waals surface area contributed by atoms with Crippen LogP contribution >= 0.6 is 22.9 Å². The summed E-state index contributed by atoms with van der Waals surface area (Å²) in [6, 6.07) is 8.90. The molecule has 0 aliphatic heterocycles. The van der Waals surface area contributed by atoms with Crippen LogP contribution in [0, 0.1) is 13.8 Å². The van der Waals surface area contributed by atoms with E-state index in [1.165, 1.54) is 15.6 Å². The van der Waals surface area contributed by atoms with Gasteiger partial charge in [0.05, 0.1) is 9.23 Å². The van der Waals surface area contributed by atoms with Gasteiger partial charge in [-0.15, -0.1) is 11.3 Å². The summed E-state index contributed by atoms with van der Waals surface area (Å²) in [6.45, 7) is 6.50. The summed E-state index contributed by atoms with van der Waals surface area (Å²) >= 11 is 7.31. The molecule has 1 aromatic heterocycles. The molecule has 0 fully saturated rings. The van der Waals surface area contributed by atoms with Gasteiger partial charge in [-0.1, -0.05) is 24.6 Å². The van der Waals surface area contributed by atoms with Gasteiger partial charge in [0.2, 0.25) is 10.0 Å². The molecule has 21 heavy (non-hydrogen) atoms. The molecule has 2 rings (SSSR count). The molecule has 3 nitrogen and oxygen atoms in total. The van der Waals surface area contributed by atoms with Gasteiger partial charge in [-0.3, -0.25) is 0 Å². The van der Waals surface area contributed by atoms with E-state index in [4.69, 9.17) is 11.6 Å². The maximum Gasteiger partial charge on any atom is 0.243 e. The van der Waals surface area contributed by atoms with Crippen LogP contribution in [0.4, 0.5) is 0 Å². The topological polar surface area (TPSA) is 37.4 Å². The van der Waals surface area contributed by atoms with Gasteiger partial charge >= 0.3 is 0 Å². The van der Waals surface area contributed by atoms with Crippen LogP contribution in [0.2, 0.25) is 4.34 Å². The first-order valence-corrected chi connectivity index (χ1v) is 9.29. The molecule has 0 aliphatic rings. The Morgan fingerprint density at radius 1 is 1.14 bits per heavy atom. The van der Waals surface area contributed by atoms with Crippen molar-refractivity contribution in [3.05, 3.63) is 50.7 Å². The second kappa shape index (κ2) is 6.48. The Kier molecular flexibility index (Phi) is 5.09. The third-order valence-corrected chi connectivity index (χ3v) is 6.56. The van der Waals surface area contributed by atoms with Crippen molar-refractivity contribution >= 4 is 33.0 Å². The molecule has 0 amide bonds. The Labute approximate surface area is 135 Å². The molecule has 0 unspecified atom stereocenters. The highest BCUT2D eigenvalue weighted by Crippen LogP contribution is 2.26.